The van der Waals surface area contributed by atoms with Crippen LogP contribution in [0, 0.1) is 0 Å². The molecule has 0 aliphatic heterocycles. The average Bonchev–Trinajstić information content (AvgIpc) is 1.60. The van der Waals surface area contributed by atoms with Crippen molar-refractivity contribution in [3.8, 4) is 0 Å². The number of hydrogen-bond donors (Lipinski definition) is 3. The van der Waals surface area contributed by atoms with Gasteiger partial charge in [0, 0.05) is 0 Å². The number of hydrogen-bond acceptors (Lipinski definition) is 3. The van der Waals surface area contributed by atoms with Crippen LogP contribution in [0.15, 0.2) is 0 Å². The maximum atomic E-state index is 10.0. The molecule has 0 radical (unpaired) electrons. The van der Waals surface area contributed by atoms with E-state index in [1.54, 1.807) is 0 Å². The van der Waals surface area contributed by atoms with Gasteiger partial charge in [0.25, 0.3) is 0 Å². The first kappa shape index (κ1) is 9.50. The predicted octanol–water partition coefficient (Wildman–Crippen LogP) is -1.60. The molecular weight excluding hydrogens is 135 g/mol. The molecule has 52 valence electrons. The molecule has 0 amide bonds. The van der Waals surface area contributed by atoms with Crippen LogP contribution >= 0.6 is 0 Å². The van der Waals surface area contributed by atoms with Gasteiger partial charge in [-0.25, -0.2) is 0 Å². The fraction of sp³-hybridized carbons (Fsp3) is 0.500. The Balaban J connectivity index is 4.13. The van der Waals surface area contributed by atoms with Gasteiger partial charge in [0.2, 0.25) is 0 Å². The van der Waals surface area contributed by atoms with E-state index in [0.29, 0.717) is 0 Å². The molecule has 5 nitrogen and oxygen atoms in total. The van der Waals surface area contributed by atoms with Crippen molar-refractivity contribution in [1.82, 2.24) is 0 Å². The second-order valence-corrected chi connectivity index (χ2v) is 2.15. The van der Waals surface area contributed by atoms with Crippen molar-refractivity contribution in [2.24, 2.45) is 0 Å². The quantitative estimate of drug-likeness (QED) is 0.410. The van der Waals surface area contributed by atoms with Gasteiger partial charge < -0.3 is 0 Å². The Morgan fingerprint density at radius 1 is 1.40 bits per heavy atom. The molecule has 0 aromatic heterocycles. The van der Waals surface area contributed by atoms with E-state index in [-0.39, 0.29) is 0 Å². The van der Waals surface area contributed by atoms with Crippen LogP contribution in [0.3, 0.4) is 0 Å². The summed E-state index contributed by atoms with van der Waals surface area (Å²) < 4.78 is -2.16. The van der Waals surface area contributed by atoms with Crippen molar-refractivity contribution in [3.63, 3.8) is 0 Å². The summed E-state index contributed by atoms with van der Waals surface area (Å²) in [4.78, 5) is 19.9. The van der Waals surface area contributed by atoms with Crippen LogP contribution in [-0.2, 0) is 9.59 Å². The molecule has 1 atom stereocenters. The Kier molecular flexibility index (Phi) is 2.90. The van der Waals surface area contributed by atoms with Gasteiger partial charge in [0.05, 0.1) is 0 Å². The van der Waals surface area contributed by atoms with Gasteiger partial charge in [0.1, 0.15) is 0 Å². The van der Waals surface area contributed by atoms with Gasteiger partial charge in [-0.3, -0.25) is 0 Å². The van der Waals surface area contributed by atoms with E-state index >= 15 is 0 Å². The Hall–Kier alpha value is -0.503. The molecule has 6 heteroatoms. The van der Waals surface area contributed by atoms with Crippen LogP contribution < -0.4 is 0 Å². The van der Waals surface area contributed by atoms with E-state index in [4.69, 9.17) is 15.3 Å². The summed E-state index contributed by atoms with van der Waals surface area (Å²) in [5.74, 6) is -2.87. The molecule has 0 aliphatic carbocycles. The molecule has 0 aromatic carbocycles. The third-order valence-corrected chi connectivity index (χ3v) is 0.956. The van der Waals surface area contributed by atoms with E-state index in [0.717, 1.165) is 17.7 Å². The van der Waals surface area contributed by atoms with Gasteiger partial charge in [0.15, 0.2) is 0 Å². The first-order valence-electron chi connectivity index (χ1n) is 2.54. The molecule has 0 rings (SSSR count). The summed E-state index contributed by atoms with van der Waals surface area (Å²) in [5, 5.41) is 25.0. The second kappa shape index (κ2) is 3.06. The molecule has 10 heavy (non-hydrogen) atoms. The van der Waals surface area contributed by atoms with Crippen molar-refractivity contribution in [3.05, 3.63) is 0 Å². The Labute approximate surface area is 65.9 Å². The van der Waals surface area contributed by atoms with Crippen molar-refractivity contribution in [1.29, 1.82) is 0 Å². The molecule has 0 heterocycles. The summed E-state index contributed by atoms with van der Waals surface area (Å²) in [6.45, 7) is 0. The zero-order chi connectivity index (χ0) is 8.36. The second-order valence-electron chi connectivity index (χ2n) is 2.15. The fourth-order valence-corrected chi connectivity index (χ4v) is 0.370. The molecule has 0 bridgehead atoms. The van der Waals surface area contributed by atoms with Crippen LogP contribution in [0.1, 0.15) is 6.42 Å². The number of carboxylic acids is 2. The summed E-state index contributed by atoms with van der Waals surface area (Å²) in [6.07, 6.45) is -0.789. The molecular formula is C4H5LiO5. The van der Waals surface area contributed by atoms with E-state index in [1.165, 1.54) is 0 Å². The van der Waals surface area contributed by atoms with Crippen LogP contribution in [0.2, 0.25) is 0 Å². The molecule has 0 fully saturated rings. The zero-order valence-electron chi connectivity index (χ0n) is 5.37. The Morgan fingerprint density at radius 3 is 1.90 bits per heavy atom. The van der Waals surface area contributed by atoms with Crippen molar-refractivity contribution in [2.45, 2.75) is 10.7 Å². The normalized spacial score (nSPS) is 15.9. The third kappa shape index (κ3) is 2.87. The summed E-state index contributed by atoms with van der Waals surface area (Å²) in [6, 6.07) is 0. The number of carbonyl (C=O) groups is 2. The van der Waals surface area contributed by atoms with Gasteiger partial charge in [-0.05, 0) is 0 Å². The summed E-state index contributed by atoms with van der Waals surface area (Å²) >= 11 is 0.934. The zero-order valence-corrected chi connectivity index (χ0v) is 5.37. The number of aliphatic hydroxyl groups is 1. The van der Waals surface area contributed by atoms with E-state index < -0.39 is 22.6 Å². The summed E-state index contributed by atoms with van der Waals surface area (Å²) in [7, 11) is 0. The fourth-order valence-electron chi connectivity index (χ4n) is 0.370. The number of rotatable bonds is 3. The van der Waals surface area contributed by atoms with Crippen LogP contribution in [0.5, 0.6) is 0 Å². The van der Waals surface area contributed by atoms with E-state index in [9.17, 15) is 9.59 Å². The van der Waals surface area contributed by atoms with Gasteiger partial charge in [-0.15, -0.1) is 0 Å². The predicted molar refractivity (Wildman–Crippen MR) is 30.6 cm³/mol. The molecule has 0 aliphatic rings. The van der Waals surface area contributed by atoms with Gasteiger partial charge in [-0.1, -0.05) is 0 Å². The van der Waals surface area contributed by atoms with Crippen LogP contribution in [0.4, 0.5) is 0 Å². The molecule has 1 unspecified atom stereocenters. The number of aliphatic carboxylic acids is 2. The third-order valence-electron chi connectivity index (χ3n) is 0.956. The van der Waals surface area contributed by atoms with Crippen molar-refractivity contribution < 1.29 is 24.9 Å². The molecule has 0 aromatic rings. The van der Waals surface area contributed by atoms with Crippen LogP contribution in [0.25, 0.3) is 0 Å². The van der Waals surface area contributed by atoms with Crippen molar-refractivity contribution >= 4 is 29.7 Å². The topological polar surface area (TPSA) is 94.8 Å². The molecule has 0 spiro atoms. The molecule has 3 N–H and O–H groups in total. The van der Waals surface area contributed by atoms with Gasteiger partial charge >= 0.3 is 65.3 Å². The minimum atomic E-state index is -2.16. The van der Waals surface area contributed by atoms with E-state index in [1.807, 2.05) is 0 Å². The average molecular weight is 140 g/mol. The Morgan fingerprint density at radius 2 is 1.80 bits per heavy atom. The number of carboxylic acid groups (broad SMARTS) is 2. The Bertz CT molecular complexity index is 163. The maximum absolute atomic E-state index is 10.0. The van der Waals surface area contributed by atoms with Gasteiger partial charge in [-0.2, -0.15) is 0 Å². The first-order chi connectivity index (χ1) is 4.36. The van der Waals surface area contributed by atoms with Crippen molar-refractivity contribution in [2.75, 3.05) is 0 Å². The van der Waals surface area contributed by atoms with Crippen LogP contribution in [-0.4, -0.2) is 49.2 Å². The monoisotopic (exact) mass is 140 g/mol. The van der Waals surface area contributed by atoms with E-state index in [2.05, 4.69) is 0 Å². The standard InChI is InChI=1S/C4H5O5.Li/c5-2(4(8)9)1-3(6)7;/h5H,1H2,(H,6,7)(H,8,9);. The molecule has 0 saturated heterocycles. The first-order valence-corrected chi connectivity index (χ1v) is 2.54. The minimum absolute atomic E-state index is 0.789. The SMILES string of the molecule is [Li][C](O)(CC(=O)O)C(=O)O. The summed E-state index contributed by atoms with van der Waals surface area (Å²) in [5.41, 5.74) is 0. The molecule has 0 saturated carbocycles.